The van der Waals surface area contributed by atoms with E-state index in [4.69, 9.17) is 39.5 Å². The van der Waals surface area contributed by atoms with E-state index in [0.29, 0.717) is 5.56 Å². The number of rotatable bonds is 4. The summed E-state index contributed by atoms with van der Waals surface area (Å²) in [5.41, 5.74) is 0.148. The number of nitro benzene ring substituents is 1. The summed E-state index contributed by atoms with van der Waals surface area (Å²) in [5, 5.41) is 11.0. The second-order valence-electron chi connectivity index (χ2n) is 3.99. The molecule has 0 spiro atoms. The molecule has 4 nitrogen and oxygen atoms in total. The van der Waals surface area contributed by atoms with Gasteiger partial charge in [-0.2, -0.15) is 0 Å². The van der Waals surface area contributed by atoms with E-state index < -0.39 is 16.4 Å². The highest BCUT2D eigenvalue weighted by molar-refractivity contribution is 6.42. The molecule has 2 aromatic rings. The highest BCUT2D eigenvalue weighted by Crippen LogP contribution is 2.38. The Bertz CT molecular complexity index is 709. The maximum absolute atomic E-state index is 13.8. The number of halogens is 4. The molecule has 21 heavy (non-hydrogen) atoms. The molecule has 0 atom stereocenters. The molecule has 0 aliphatic heterocycles. The topological polar surface area (TPSA) is 52.4 Å². The summed E-state index contributed by atoms with van der Waals surface area (Å²) in [6, 6.07) is 6.28. The van der Waals surface area contributed by atoms with Crippen LogP contribution in [0, 0.1) is 15.9 Å². The third-order valence-electron chi connectivity index (χ3n) is 2.57. The van der Waals surface area contributed by atoms with E-state index >= 15 is 0 Å². The first-order valence-corrected chi connectivity index (χ1v) is 6.87. The zero-order valence-corrected chi connectivity index (χ0v) is 12.5. The molecule has 0 aliphatic rings. The lowest BCUT2D eigenvalue weighted by Gasteiger charge is -2.09. The molecule has 0 aliphatic carbocycles. The first-order valence-electron chi connectivity index (χ1n) is 5.58. The average Bonchev–Trinajstić information content (AvgIpc) is 2.44. The van der Waals surface area contributed by atoms with Crippen molar-refractivity contribution in [1.29, 1.82) is 0 Å². The van der Waals surface area contributed by atoms with Gasteiger partial charge in [0.15, 0.2) is 11.6 Å². The zero-order chi connectivity index (χ0) is 15.6. The van der Waals surface area contributed by atoms with Crippen molar-refractivity contribution >= 4 is 40.5 Å². The third-order valence-corrected chi connectivity index (χ3v) is 3.60. The summed E-state index contributed by atoms with van der Waals surface area (Å²) in [6.45, 7) is 0. The van der Waals surface area contributed by atoms with Crippen LogP contribution < -0.4 is 4.74 Å². The van der Waals surface area contributed by atoms with Crippen molar-refractivity contribution in [2.24, 2.45) is 0 Å². The van der Waals surface area contributed by atoms with E-state index in [1.54, 1.807) is 6.07 Å². The molecule has 0 heterocycles. The van der Waals surface area contributed by atoms with Crippen molar-refractivity contribution < 1.29 is 14.1 Å². The number of nitrogens with zero attached hydrogens (tertiary/aromatic N) is 1. The molecule has 0 N–H and O–H groups in total. The Morgan fingerprint density at radius 2 is 1.81 bits per heavy atom. The van der Waals surface area contributed by atoms with Gasteiger partial charge >= 0.3 is 5.69 Å². The summed E-state index contributed by atoms with van der Waals surface area (Å²) in [6.07, 6.45) is 0. The van der Waals surface area contributed by atoms with Crippen LogP contribution in [0.25, 0.3) is 0 Å². The Hall–Kier alpha value is -1.56. The second kappa shape index (κ2) is 6.47. The van der Waals surface area contributed by atoms with Crippen LogP contribution in [0.3, 0.4) is 0 Å². The van der Waals surface area contributed by atoms with Gasteiger partial charge in [-0.1, -0.05) is 29.3 Å². The lowest BCUT2D eigenvalue weighted by molar-refractivity contribution is -0.385. The van der Waals surface area contributed by atoms with Crippen molar-refractivity contribution in [3.63, 3.8) is 0 Å². The van der Waals surface area contributed by atoms with E-state index in [1.807, 2.05) is 0 Å². The summed E-state index contributed by atoms with van der Waals surface area (Å²) in [7, 11) is 0. The van der Waals surface area contributed by atoms with Gasteiger partial charge < -0.3 is 4.74 Å². The highest BCUT2D eigenvalue weighted by Gasteiger charge is 2.20. The van der Waals surface area contributed by atoms with Gasteiger partial charge in [0, 0.05) is 18.0 Å². The van der Waals surface area contributed by atoms with Gasteiger partial charge in [-0.15, -0.1) is 11.6 Å². The largest absolute Gasteiger partial charge is 0.447 e. The standard InChI is InChI=1S/C13H7Cl3FNO3/c14-6-7-1-2-12(10(17)3-7)21-13-5-9(16)8(15)4-11(13)18(19)20/h1-5H,6H2. The molecule has 0 fully saturated rings. The molecular formula is C13H7Cl3FNO3. The molecule has 8 heteroatoms. The molecule has 0 radical (unpaired) electrons. The van der Waals surface area contributed by atoms with E-state index in [-0.39, 0.29) is 27.4 Å². The van der Waals surface area contributed by atoms with Crippen LogP contribution in [0.5, 0.6) is 11.5 Å². The first-order chi connectivity index (χ1) is 9.92. The van der Waals surface area contributed by atoms with Gasteiger partial charge in [0.2, 0.25) is 5.75 Å². The summed E-state index contributed by atoms with van der Waals surface area (Å²) in [5.74, 6) is -0.921. The van der Waals surface area contributed by atoms with Crippen LogP contribution in [0.15, 0.2) is 30.3 Å². The average molecular weight is 351 g/mol. The number of hydrogen-bond acceptors (Lipinski definition) is 3. The van der Waals surface area contributed by atoms with Gasteiger partial charge in [-0.3, -0.25) is 10.1 Å². The zero-order valence-electron chi connectivity index (χ0n) is 10.3. The van der Waals surface area contributed by atoms with E-state index in [0.717, 1.165) is 12.1 Å². The molecule has 0 bridgehead atoms. The minimum Gasteiger partial charge on any atom is -0.447 e. The molecule has 0 saturated carbocycles. The van der Waals surface area contributed by atoms with Crippen molar-refractivity contribution in [3.8, 4) is 11.5 Å². The first kappa shape index (κ1) is 15.8. The van der Waals surface area contributed by atoms with E-state index in [2.05, 4.69) is 0 Å². The van der Waals surface area contributed by atoms with Crippen LogP contribution >= 0.6 is 34.8 Å². The van der Waals surface area contributed by atoms with Gasteiger partial charge in [0.25, 0.3) is 0 Å². The van der Waals surface area contributed by atoms with Crippen LogP contribution in [-0.4, -0.2) is 4.92 Å². The summed E-state index contributed by atoms with van der Waals surface area (Å²) in [4.78, 5) is 10.3. The monoisotopic (exact) mass is 349 g/mol. The smallest absolute Gasteiger partial charge is 0.313 e. The number of benzene rings is 2. The minimum atomic E-state index is -0.692. The Kier molecular flexibility index (Phi) is 4.88. The predicted octanol–water partition coefficient (Wildman–Crippen LogP) is 5.57. The van der Waals surface area contributed by atoms with Gasteiger partial charge in [-0.25, -0.2) is 4.39 Å². The lowest BCUT2D eigenvalue weighted by atomic mass is 10.2. The van der Waals surface area contributed by atoms with Crippen LogP contribution in [0.4, 0.5) is 10.1 Å². The fraction of sp³-hybridized carbons (Fsp3) is 0.0769. The Morgan fingerprint density at radius 3 is 2.38 bits per heavy atom. The third kappa shape index (κ3) is 3.56. The maximum Gasteiger partial charge on any atom is 0.313 e. The van der Waals surface area contributed by atoms with Gasteiger partial charge in [-0.05, 0) is 17.7 Å². The van der Waals surface area contributed by atoms with Crippen molar-refractivity contribution in [1.82, 2.24) is 0 Å². The van der Waals surface area contributed by atoms with Gasteiger partial charge in [0.1, 0.15) is 0 Å². The lowest BCUT2D eigenvalue weighted by Crippen LogP contribution is -1.96. The van der Waals surface area contributed by atoms with Crippen LogP contribution in [0.2, 0.25) is 10.0 Å². The van der Waals surface area contributed by atoms with Gasteiger partial charge in [0.05, 0.1) is 15.0 Å². The molecular weight excluding hydrogens is 344 g/mol. The molecule has 0 amide bonds. The molecule has 0 aromatic heterocycles. The van der Waals surface area contributed by atoms with Crippen molar-refractivity contribution in [2.45, 2.75) is 5.88 Å². The highest BCUT2D eigenvalue weighted by atomic mass is 35.5. The molecule has 2 aromatic carbocycles. The summed E-state index contributed by atoms with van der Waals surface area (Å²) >= 11 is 17.1. The maximum atomic E-state index is 13.8. The fourth-order valence-electron chi connectivity index (χ4n) is 1.57. The van der Waals surface area contributed by atoms with E-state index in [9.17, 15) is 14.5 Å². The normalized spacial score (nSPS) is 10.5. The molecule has 110 valence electrons. The van der Waals surface area contributed by atoms with E-state index in [1.165, 1.54) is 12.1 Å². The predicted molar refractivity (Wildman–Crippen MR) is 79.1 cm³/mol. The summed E-state index contributed by atoms with van der Waals surface area (Å²) < 4.78 is 19.1. The number of nitro groups is 1. The van der Waals surface area contributed by atoms with Crippen LogP contribution in [0.1, 0.15) is 5.56 Å². The molecule has 0 unspecified atom stereocenters. The van der Waals surface area contributed by atoms with Crippen LogP contribution in [-0.2, 0) is 5.88 Å². The number of alkyl halides is 1. The number of ether oxygens (including phenoxy) is 1. The Balaban J connectivity index is 2.43. The van der Waals surface area contributed by atoms with Crippen molar-refractivity contribution in [2.75, 3.05) is 0 Å². The minimum absolute atomic E-state index is 0.00803. The second-order valence-corrected chi connectivity index (χ2v) is 5.07. The molecule has 2 rings (SSSR count). The SMILES string of the molecule is O=[N+]([O-])c1cc(Cl)c(Cl)cc1Oc1ccc(CCl)cc1F. The van der Waals surface area contributed by atoms with Crippen molar-refractivity contribution in [3.05, 3.63) is 61.9 Å². The molecule has 0 saturated heterocycles. The quantitative estimate of drug-likeness (QED) is 0.411. The Morgan fingerprint density at radius 1 is 1.14 bits per heavy atom. The number of hydrogen-bond donors (Lipinski definition) is 0. The Labute approximate surface area is 134 Å². The fourth-order valence-corrected chi connectivity index (χ4v) is 2.05.